The van der Waals surface area contributed by atoms with E-state index in [1.54, 1.807) is 30.5 Å². The first-order valence-electron chi connectivity index (χ1n) is 7.36. The molecule has 1 N–H and O–H groups in total. The lowest BCUT2D eigenvalue weighted by Gasteiger charge is -2.06. The Labute approximate surface area is 140 Å². The zero-order valence-corrected chi connectivity index (χ0v) is 13.3. The molecule has 0 aromatic heterocycles. The van der Waals surface area contributed by atoms with Crippen molar-refractivity contribution in [2.45, 2.75) is 6.92 Å². The zero-order chi connectivity index (χ0) is 17.2. The standard InChI is InChI=1S/C19H17N3O2/c1-15(11-16-7-3-2-4-8-16)13-21-22-19(23)14-24-18-10-6-5-9-17(18)12-20/h2-11,13H,14H2,1H3,(H,22,23). The molecule has 2 aromatic rings. The van der Waals surface area contributed by atoms with Gasteiger partial charge in [0.1, 0.15) is 11.8 Å². The van der Waals surface area contributed by atoms with Crippen molar-refractivity contribution < 1.29 is 9.53 Å². The van der Waals surface area contributed by atoms with Gasteiger partial charge in [-0.1, -0.05) is 48.5 Å². The van der Waals surface area contributed by atoms with Crippen LogP contribution in [0, 0.1) is 11.3 Å². The lowest BCUT2D eigenvalue weighted by atomic mass is 10.1. The first-order valence-corrected chi connectivity index (χ1v) is 7.36. The van der Waals surface area contributed by atoms with Crippen LogP contribution in [0.4, 0.5) is 0 Å². The van der Waals surface area contributed by atoms with Gasteiger partial charge >= 0.3 is 0 Å². The Morgan fingerprint density at radius 3 is 2.67 bits per heavy atom. The van der Waals surface area contributed by atoms with Crippen molar-refractivity contribution in [3.63, 3.8) is 0 Å². The third-order valence-electron chi connectivity index (χ3n) is 3.02. The molecule has 0 aliphatic heterocycles. The van der Waals surface area contributed by atoms with E-state index in [-0.39, 0.29) is 6.61 Å². The monoisotopic (exact) mass is 319 g/mol. The van der Waals surface area contributed by atoms with Crippen molar-refractivity contribution >= 4 is 18.2 Å². The number of para-hydroxylation sites is 1. The summed E-state index contributed by atoms with van der Waals surface area (Å²) in [6, 6.07) is 18.6. The highest BCUT2D eigenvalue weighted by atomic mass is 16.5. The highest BCUT2D eigenvalue weighted by molar-refractivity contribution is 5.86. The summed E-state index contributed by atoms with van der Waals surface area (Å²) >= 11 is 0. The molecule has 5 nitrogen and oxygen atoms in total. The molecule has 0 aliphatic carbocycles. The fraction of sp³-hybridized carbons (Fsp3) is 0.105. The first kappa shape index (κ1) is 17.0. The van der Waals surface area contributed by atoms with E-state index in [4.69, 9.17) is 10.00 Å². The van der Waals surface area contributed by atoms with E-state index in [1.807, 2.05) is 49.4 Å². The molecule has 0 atom stereocenters. The number of nitriles is 1. The van der Waals surface area contributed by atoms with E-state index in [0.717, 1.165) is 11.1 Å². The topological polar surface area (TPSA) is 74.5 Å². The highest BCUT2D eigenvalue weighted by Crippen LogP contribution is 2.16. The molecule has 120 valence electrons. The summed E-state index contributed by atoms with van der Waals surface area (Å²) in [5, 5.41) is 12.8. The summed E-state index contributed by atoms with van der Waals surface area (Å²) in [7, 11) is 0. The number of carbonyl (C=O) groups is 1. The van der Waals surface area contributed by atoms with Gasteiger partial charge in [0.2, 0.25) is 0 Å². The summed E-state index contributed by atoms with van der Waals surface area (Å²) < 4.78 is 5.32. The summed E-state index contributed by atoms with van der Waals surface area (Å²) in [5.74, 6) is -0.0224. The van der Waals surface area contributed by atoms with Gasteiger partial charge in [-0.2, -0.15) is 10.4 Å². The van der Waals surface area contributed by atoms with Crippen LogP contribution in [0.25, 0.3) is 6.08 Å². The van der Waals surface area contributed by atoms with E-state index < -0.39 is 5.91 Å². The van der Waals surface area contributed by atoms with Gasteiger partial charge in [-0.15, -0.1) is 0 Å². The average Bonchev–Trinajstić information content (AvgIpc) is 2.61. The van der Waals surface area contributed by atoms with Crippen molar-refractivity contribution in [1.29, 1.82) is 5.26 Å². The van der Waals surface area contributed by atoms with Gasteiger partial charge in [0, 0.05) is 0 Å². The number of amides is 1. The van der Waals surface area contributed by atoms with Crippen molar-refractivity contribution in [2.75, 3.05) is 6.61 Å². The Morgan fingerprint density at radius 1 is 1.21 bits per heavy atom. The number of hydrazone groups is 1. The largest absolute Gasteiger partial charge is 0.482 e. The smallest absolute Gasteiger partial charge is 0.277 e. The third-order valence-corrected chi connectivity index (χ3v) is 3.02. The summed E-state index contributed by atoms with van der Waals surface area (Å²) in [6.45, 7) is 1.68. The number of nitrogens with zero attached hydrogens (tertiary/aromatic N) is 2. The van der Waals surface area contributed by atoms with Crippen LogP contribution in [-0.2, 0) is 4.79 Å². The number of hydrogen-bond acceptors (Lipinski definition) is 4. The van der Waals surface area contributed by atoms with Gasteiger partial charge in [0.25, 0.3) is 5.91 Å². The maximum Gasteiger partial charge on any atom is 0.277 e. The molecule has 0 saturated carbocycles. The summed E-state index contributed by atoms with van der Waals surface area (Å²) in [6.07, 6.45) is 3.52. The second kappa shape index (κ2) is 8.91. The van der Waals surface area contributed by atoms with E-state index in [1.165, 1.54) is 0 Å². The molecule has 0 saturated heterocycles. The Bertz CT molecular complexity index is 790. The molecule has 0 radical (unpaired) electrons. The summed E-state index contributed by atoms with van der Waals surface area (Å²) in [4.78, 5) is 11.7. The molecular formula is C19H17N3O2. The second-order valence-electron chi connectivity index (χ2n) is 4.99. The first-order chi connectivity index (χ1) is 11.7. The number of ether oxygens (including phenoxy) is 1. The van der Waals surface area contributed by atoms with E-state index in [9.17, 15) is 4.79 Å². The molecule has 24 heavy (non-hydrogen) atoms. The van der Waals surface area contributed by atoms with Crippen molar-refractivity contribution in [2.24, 2.45) is 5.10 Å². The van der Waals surface area contributed by atoms with Crippen LogP contribution in [-0.4, -0.2) is 18.7 Å². The highest BCUT2D eigenvalue weighted by Gasteiger charge is 2.05. The van der Waals surface area contributed by atoms with Gasteiger partial charge in [-0.3, -0.25) is 4.79 Å². The van der Waals surface area contributed by atoms with Crippen molar-refractivity contribution in [3.8, 4) is 11.8 Å². The average molecular weight is 319 g/mol. The van der Waals surface area contributed by atoms with Gasteiger partial charge in [-0.25, -0.2) is 5.43 Å². The number of allylic oxidation sites excluding steroid dienone is 1. The molecule has 2 aromatic carbocycles. The Balaban J connectivity index is 1.83. The minimum absolute atomic E-state index is 0.211. The van der Waals surface area contributed by atoms with Crippen LogP contribution in [0.2, 0.25) is 0 Å². The number of rotatable bonds is 6. The predicted octanol–water partition coefficient (Wildman–Crippen LogP) is 3.14. The van der Waals surface area contributed by atoms with Crippen molar-refractivity contribution in [3.05, 3.63) is 71.3 Å². The third kappa shape index (κ3) is 5.43. The molecule has 2 rings (SSSR count). The quantitative estimate of drug-likeness (QED) is 0.656. The Morgan fingerprint density at radius 2 is 1.92 bits per heavy atom. The zero-order valence-electron chi connectivity index (χ0n) is 13.3. The van der Waals surface area contributed by atoms with Crippen LogP contribution >= 0.6 is 0 Å². The van der Waals surface area contributed by atoms with E-state index in [0.29, 0.717) is 11.3 Å². The fourth-order valence-corrected chi connectivity index (χ4v) is 1.92. The SMILES string of the molecule is CC(C=NNC(=O)COc1ccccc1C#N)=Cc1ccccc1. The molecule has 0 aliphatic rings. The maximum atomic E-state index is 11.7. The molecule has 0 heterocycles. The molecule has 5 heteroatoms. The molecule has 0 fully saturated rings. The van der Waals surface area contributed by atoms with Gasteiger partial charge in [0.15, 0.2) is 6.61 Å². The minimum atomic E-state index is -0.397. The van der Waals surface area contributed by atoms with Crippen LogP contribution in [0.5, 0.6) is 5.75 Å². The molecular weight excluding hydrogens is 302 g/mol. The van der Waals surface area contributed by atoms with Gasteiger partial charge in [0.05, 0.1) is 11.8 Å². The van der Waals surface area contributed by atoms with E-state index >= 15 is 0 Å². The number of nitrogens with one attached hydrogen (secondary N) is 1. The van der Waals surface area contributed by atoms with Gasteiger partial charge in [-0.05, 0) is 30.2 Å². The maximum absolute atomic E-state index is 11.7. The molecule has 0 bridgehead atoms. The van der Waals surface area contributed by atoms with Crippen LogP contribution < -0.4 is 10.2 Å². The fourth-order valence-electron chi connectivity index (χ4n) is 1.92. The molecule has 0 spiro atoms. The Hall–Kier alpha value is -3.39. The van der Waals surface area contributed by atoms with Crippen molar-refractivity contribution in [1.82, 2.24) is 5.43 Å². The Kier molecular flexibility index (Phi) is 6.30. The number of carbonyl (C=O) groups excluding carboxylic acids is 1. The van der Waals surface area contributed by atoms with Crippen LogP contribution in [0.15, 0.2) is 65.3 Å². The second-order valence-corrected chi connectivity index (χ2v) is 4.99. The molecule has 1 amide bonds. The van der Waals surface area contributed by atoms with E-state index in [2.05, 4.69) is 10.5 Å². The lowest BCUT2D eigenvalue weighted by Crippen LogP contribution is -2.24. The minimum Gasteiger partial charge on any atom is -0.482 e. The molecule has 0 unspecified atom stereocenters. The predicted molar refractivity (Wildman–Crippen MR) is 93.4 cm³/mol. The summed E-state index contributed by atoms with van der Waals surface area (Å²) in [5.41, 5.74) is 4.73. The lowest BCUT2D eigenvalue weighted by molar-refractivity contribution is -0.123. The normalized spacial score (nSPS) is 11.1. The van der Waals surface area contributed by atoms with Gasteiger partial charge < -0.3 is 4.74 Å². The number of benzene rings is 2. The number of hydrogen-bond donors (Lipinski definition) is 1. The van der Waals surface area contributed by atoms with Crippen LogP contribution in [0.1, 0.15) is 18.1 Å². The van der Waals surface area contributed by atoms with Crippen LogP contribution in [0.3, 0.4) is 0 Å².